The van der Waals surface area contributed by atoms with E-state index in [2.05, 4.69) is 10.4 Å². The van der Waals surface area contributed by atoms with Crippen molar-refractivity contribution in [3.63, 3.8) is 0 Å². The number of urea groups is 1. The van der Waals surface area contributed by atoms with E-state index in [1.807, 2.05) is 26.0 Å². The number of alkyl halides is 3. The first kappa shape index (κ1) is 26.4. The predicted octanol–water partition coefficient (Wildman–Crippen LogP) is 3.21. The monoisotopic (exact) mass is 500 g/mol. The molecule has 35 heavy (non-hydrogen) atoms. The topological polar surface area (TPSA) is 82.9 Å². The zero-order chi connectivity index (χ0) is 26.1. The first-order valence-electron chi connectivity index (χ1n) is 10.8. The molecular formula is C22H28F4N6O3. The minimum atomic E-state index is -4.89. The molecule has 0 bridgehead atoms. The van der Waals surface area contributed by atoms with Gasteiger partial charge < -0.3 is 15.1 Å². The van der Waals surface area contributed by atoms with Gasteiger partial charge in [0.05, 0.1) is 31.0 Å². The molecule has 3 heterocycles. The Balaban J connectivity index is 0.000000795. The molecule has 0 radical (unpaired) electrons. The molecule has 2 aliphatic rings. The number of fused-ring (bicyclic) bond motifs is 3. The zero-order valence-corrected chi connectivity index (χ0v) is 20.1. The zero-order valence-electron chi connectivity index (χ0n) is 20.1. The van der Waals surface area contributed by atoms with E-state index in [9.17, 15) is 27.2 Å². The van der Waals surface area contributed by atoms with Crippen LogP contribution in [0, 0.1) is 5.82 Å². The van der Waals surface area contributed by atoms with Crippen LogP contribution in [0.2, 0.25) is 0 Å². The molecule has 2 aromatic rings. The fourth-order valence-corrected chi connectivity index (χ4v) is 3.76. The van der Waals surface area contributed by atoms with Gasteiger partial charge in [0, 0.05) is 30.8 Å². The highest BCUT2D eigenvalue weighted by Crippen LogP contribution is 2.33. The molecule has 1 aromatic carbocycles. The van der Waals surface area contributed by atoms with Crippen molar-refractivity contribution in [1.29, 1.82) is 0 Å². The summed E-state index contributed by atoms with van der Waals surface area (Å²) in [7, 11) is 7.49. The lowest BCUT2D eigenvalue weighted by Crippen LogP contribution is -2.45. The first-order chi connectivity index (χ1) is 16.3. The molecule has 0 unspecified atom stereocenters. The standard InChI is InChI=1S/C19H19F4N5O3.C3H9N/c1-10-7-15-12(16-17(29)26(2)31-6-5-28(16)25-15)9-27(10)18(30)24-11-3-4-14(20)13(8-11)19(21,22)23;1-4(2)3/h3-4,8,10H,5-7,9H2,1-2H3,(H,24,30);1-3H3/t10-;/m1./s1. The first-order valence-corrected chi connectivity index (χ1v) is 10.8. The number of nitrogens with one attached hydrogen (secondary N) is 1. The molecule has 1 aromatic heterocycles. The Hall–Kier alpha value is -3.19. The third-order valence-electron chi connectivity index (χ3n) is 5.34. The number of carbonyl (C=O) groups is 2. The highest BCUT2D eigenvalue weighted by molar-refractivity contribution is 5.94. The van der Waals surface area contributed by atoms with Crippen LogP contribution in [0.1, 0.15) is 34.2 Å². The van der Waals surface area contributed by atoms with Crippen molar-refractivity contribution in [3.05, 3.63) is 46.5 Å². The number of benzene rings is 1. The van der Waals surface area contributed by atoms with Gasteiger partial charge in [-0.1, -0.05) is 0 Å². The van der Waals surface area contributed by atoms with E-state index in [-0.39, 0.29) is 24.9 Å². The fraction of sp³-hybridized carbons (Fsp3) is 0.500. The molecule has 0 saturated heterocycles. The average Bonchev–Trinajstić information content (AvgIpc) is 3.02. The number of carbonyl (C=O) groups excluding carboxylic acids is 2. The summed E-state index contributed by atoms with van der Waals surface area (Å²) >= 11 is 0. The number of hydrogen-bond donors (Lipinski definition) is 1. The molecule has 4 rings (SSSR count). The Labute approximate surface area is 200 Å². The Bertz CT molecular complexity index is 1100. The van der Waals surface area contributed by atoms with Gasteiger partial charge in [-0.05, 0) is 46.3 Å². The van der Waals surface area contributed by atoms with E-state index in [4.69, 9.17) is 4.84 Å². The number of anilines is 1. The molecular weight excluding hydrogens is 472 g/mol. The normalized spacial score (nSPS) is 17.9. The van der Waals surface area contributed by atoms with Crippen LogP contribution in [0.15, 0.2) is 18.2 Å². The third-order valence-corrected chi connectivity index (χ3v) is 5.34. The molecule has 3 amide bonds. The van der Waals surface area contributed by atoms with E-state index in [0.29, 0.717) is 42.0 Å². The average molecular weight is 500 g/mol. The van der Waals surface area contributed by atoms with Crippen LogP contribution >= 0.6 is 0 Å². The van der Waals surface area contributed by atoms with Crippen LogP contribution < -0.4 is 5.32 Å². The fourth-order valence-electron chi connectivity index (χ4n) is 3.76. The number of hydroxylamine groups is 2. The van der Waals surface area contributed by atoms with Crippen molar-refractivity contribution in [1.82, 2.24) is 24.6 Å². The van der Waals surface area contributed by atoms with Gasteiger partial charge in [0.25, 0.3) is 5.91 Å². The van der Waals surface area contributed by atoms with Crippen molar-refractivity contribution in [2.75, 3.05) is 40.1 Å². The van der Waals surface area contributed by atoms with Crippen LogP contribution in [-0.2, 0) is 30.5 Å². The van der Waals surface area contributed by atoms with Crippen molar-refractivity contribution in [2.24, 2.45) is 0 Å². The summed E-state index contributed by atoms with van der Waals surface area (Å²) < 4.78 is 53.9. The Kier molecular flexibility index (Phi) is 7.70. The summed E-state index contributed by atoms with van der Waals surface area (Å²) in [5.41, 5.74) is -0.0625. The van der Waals surface area contributed by atoms with Crippen molar-refractivity contribution in [2.45, 2.75) is 38.7 Å². The van der Waals surface area contributed by atoms with Crippen molar-refractivity contribution >= 4 is 17.6 Å². The third kappa shape index (κ3) is 5.90. The van der Waals surface area contributed by atoms with Crippen LogP contribution in [0.4, 0.5) is 28.0 Å². The number of aromatic nitrogens is 2. The molecule has 0 spiro atoms. The number of rotatable bonds is 1. The Morgan fingerprint density at radius 2 is 1.91 bits per heavy atom. The van der Waals surface area contributed by atoms with Crippen molar-refractivity contribution < 1.29 is 32.0 Å². The number of halogens is 4. The van der Waals surface area contributed by atoms with Gasteiger partial charge in [-0.3, -0.25) is 14.3 Å². The molecule has 0 fully saturated rings. The largest absolute Gasteiger partial charge is 0.419 e. The Morgan fingerprint density at radius 3 is 2.54 bits per heavy atom. The van der Waals surface area contributed by atoms with Crippen LogP contribution in [0.3, 0.4) is 0 Å². The van der Waals surface area contributed by atoms with Gasteiger partial charge in [-0.2, -0.15) is 18.3 Å². The van der Waals surface area contributed by atoms with Gasteiger partial charge >= 0.3 is 12.2 Å². The van der Waals surface area contributed by atoms with E-state index >= 15 is 0 Å². The van der Waals surface area contributed by atoms with Crippen LogP contribution in [-0.4, -0.2) is 77.4 Å². The lowest BCUT2D eigenvalue weighted by Gasteiger charge is -2.33. The molecule has 2 aliphatic heterocycles. The van der Waals surface area contributed by atoms with Crippen LogP contribution in [0.5, 0.6) is 0 Å². The van der Waals surface area contributed by atoms with E-state index in [1.165, 1.54) is 11.9 Å². The summed E-state index contributed by atoms with van der Waals surface area (Å²) in [5, 5.41) is 7.98. The highest BCUT2D eigenvalue weighted by Gasteiger charge is 2.37. The summed E-state index contributed by atoms with van der Waals surface area (Å²) in [4.78, 5) is 34.2. The summed E-state index contributed by atoms with van der Waals surface area (Å²) in [6.07, 6.45) is -4.51. The molecule has 192 valence electrons. The molecule has 1 atom stereocenters. The predicted molar refractivity (Wildman–Crippen MR) is 119 cm³/mol. The number of nitrogens with zero attached hydrogens (tertiary/aromatic N) is 5. The van der Waals surface area contributed by atoms with E-state index in [0.717, 1.165) is 11.1 Å². The van der Waals surface area contributed by atoms with Gasteiger partial charge in [-0.25, -0.2) is 14.2 Å². The van der Waals surface area contributed by atoms with Crippen molar-refractivity contribution in [3.8, 4) is 0 Å². The summed E-state index contributed by atoms with van der Waals surface area (Å²) in [6.45, 7) is 2.46. The second-order valence-corrected chi connectivity index (χ2v) is 8.78. The van der Waals surface area contributed by atoms with E-state index < -0.39 is 29.5 Å². The molecule has 0 saturated carbocycles. The maximum Gasteiger partial charge on any atom is 0.419 e. The second-order valence-electron chi connectivity index (χ2n) is 8.78. The number of amides is 3. The maximum atomic E-state index is 13.5. The SMILES string of the molecule is CN(C)C.C[C@@H]1Cc2nn3c(c2CN1C(=O)Nc1ccc(F)c(C(F)(F)F)c1)C(=O)N(C)OCC3. The number of hydrogen-bond acceptors (Lipinski definition) is 5. The minimum Gasteiger partial charge on any atom is -0.317 e. The van der Waals surface area contributed by atoms with E-state index in [1.54, 1.807) is 11.6 Å². The maximum absolute atomic E-state index is 13.5. The quantitative estimate of drug-likeness (QED) is 0.609. The highest BCUT2D eigenvalue weighted by atomic mass is 19.4. The molecule has 9 nitrogen and oxygen atoms in total. The van der Waals surface area contributed by atoms with Crippen LogP contribution in [0.25, 0.3) is 0 Å². The Morgan fingerprint density at radius 1 is 1.26 bits per heavy atom. The lowest BCUT2D eigenvalue weighted by atomic mass is 9.99. The van der Waals surface area contributed by atoms with Gasteiger partial charge in [0.2, 0.25) is 0 Å². The summed E-state index contributed by atoms with van der Waals surface area (Å²) in [5.74, 6) is -1.82. The molecule has 13 heteroatoms. The smallest absolute Gasteiger partial charge is 0.317 e. The second kappa shape index (κ2) is 10.2. The lowest BCUT2D eigenvalue weighted by molar-refractivity contribution is -0.139. The molecule has 0 aliphatic carbocycles. The van der Waals surface area contributed by atoms with Gasteiger partial charge in [0.1, 0.15) is 11.5 Å². The van der Waals surface area contributed by atoms with Gasteiger partial charge in [-0.15, -0.1) is 0 Å². The minimum absolute atomic E-state index is 0.0462. The summed E-state index contributed by atoms with van der Waals surface area (Å²) in [6, 6.07) is 1.28. The van der Waals surface area contributed by atoms with Gasteiger partial charge in [0.15, 0.2) is 0 Å². The molecule has 1 N–H and O–H groups in total.